The molecule has 0 saturated carbocycles. The van der Waals surface area contributed by atoms with E-state index >= 15 is 0 Å². The van der Waals surface area contributed by atoms with Gasteiger partial charge in [-0.05, 0) is 18.5 Å². The van der Waals surface area contributed by atoms with Gasteiger partial charge in [-0.1, -0.05) is 12.1 Å². The van der Waals surface area contributed by atoms with Gasteiger partial charge in [-0.25, -0.2) is 0 Å². The molecule has 2 atom stereocenters. The third kappa shape index (κ3) is 2.99. The van der Waals surface area contributed by atoms with E-state index in [-0.39, 0.29) is 18.7 Å². The Hall–Kier alpha value is -1.50. The average molecular weight is 226 g/mol. The van der Waals surface area contributed by atoms with Gasteiger partial charge in [0.1, 0.15) is 6.10 Å². The smallest absolute Gasteiger partial charge is 0.269 e. The zero-order valence-electron chi connectivity index (χ0n) is 8.61. The highest BCUT2D eigenvalue weighted by Crippen LogP contribution is 2.22. The summed E-state index contributed by atoms with van der Waals surface area (Å²) in [7, 11) is 0. The number of nitrogens with zero attached hydrogens (tertiary/aromatic N) is 1. The molecule has 0 bridgehead atoms. The van der Waals surface area contributed by atoms with Gasteiger partial charge in [-0.15, -0.1) is 0 Å². The summed E-state index contributed by atoms with van der Waals surface area (Å²) < 4.78 is 0. The normalized spacial score (nSPS) is 14.4. The van der Waals surface area contributed by atoms with Crippen molar-refractivity contribution in [1.82, 2.24) is 0 Å². The molecular formula is C10H14N2O4. The van der Waals surface area contributed by atoms with Crippen LogP contribution in [-0.2, 0) is 0 Å². The van der Waals surface area contributed by atoms with Gasteiger partial charge in [0.25, 0.3) is 5.69 Å². The van der Waals surface area contributed by atoms with Crippen molar-refractivity contribution in [2.24, 2.45) is 5.73 Å². The molecule has 6 heteroatoms. The fourth-order valence-electron chi connectivity index (χ4n) is 1.37. The summed E-state index contributed by atoms with van der Waals surface area (Å²) in [5, 5.41) is 29.7. The van der Waals surface area contributed by atoms with Gasteiger partial charge in [-0.2, -0.15) is 0 Å². The quantitative estimate of drug-likeness (QED) is 0.495. The van der Waals surface area contributed by atoms with Crippen molar-refractivity contribution in [1.29, 1.82) is 0 Å². The number of nitro groups is 1. The molecule has 0 aliphatic heterocycles. The summed E-state index contributed by atoms with van der Waals surface area (Å²) >= 11 is 0. The molecule has 0 spiro atoms. The van der Waals surface area contributed by atoms with E-state index in [1.807, 2.05) is 0 Å². The van der Waals surface area contributed by atoms with Crippen LogP contribution in [-0.4, -0.2) is 27.8 Å². The Kier molecular flexibility index (Phi) is 4.36. The standard InChI is InChI=1S/C10H14N2O4/c11-5-4-9(13)10(14)7-2-1-3-8(6-7)12(15)16/h1-3,6,9-10,13-14H,4-5,11H2. The summed E-state index contributed by atoms with van der Waals surface area (Å²) in [6.45, 7) is 0.243. The molecule has 0 heterocycles. The number of nitro benzene ring substituents is 1. The van der Waals surface area contributed by atoms with Crippen molar-refractivity contribution < 1.29 is 15.1 Å². The van der Waals surface area contributed by atoms with Crippen LogP contribution in [0.25, 0.3) is 0 Å². The molecule has 88 valence electrons. The second-order valence-electron chi connectivity index (χ2n) is 3.44. The molecule has 1 aromatic carbocycles. The summed E-state index contributed by atoms with van der Waals surface area (Å²) in [4.78, 5) is 9.96. The highest BCUT2D eigenvalue weighted by atomic mass is 16.6. The first-order valence-electron chi connectivity index (χ1n) is 4.87. The van der Waals surface area contributed by atoms with Crippen molar-refractivity contribution >= 4 is 5.69 Å². The number of aliphatic hydroxyl groups excluding tert-OH is 2. The number of rotatable bonds is 5. The first-order valence-corrected chi connectivity index (χ1v) is 4.87. The first kappa shape index (κ1) is 12.6. The summed E-state index contributed by atoms with van der Waals surface area (Å²) in [6.07, 6.45) is -1.92. The molecule has 0 aliphatic carbocycles. The second-order valence-corrected chi connectivity index (χ2v) is 3.44. The molecule has 0 amide bonds. The summed E-state index contributed by atoms with van der Waals surface area (Å²) in [6, 6.07) is 5.55. The minimum absolute atomic E-state index is 0.114. The second kappa shape index (κ2) is 5.55. The van der Waals surface area contributed by atoms with Gasteiger partial charge in [0, 0.05) is 12.1 Å². The molecule has 0 aromatic heterocycles. The van der Waals surface area contributed by atoms with Crippen LogP contribution in [0.4, 0.5) is 5.69 Å². The van der Waals surface area contributed by atoms with Crippen molar-refractivity contribution in [3.05, 3.63) is 39.9 Å². The van der Waals surface area contributed by atoms with E-state index in [0.29, 0.717) is 5.56 Å². The van der Waals surface area contributed by atoms with Crippen LogP contribution in [0.1, 0.15) is 18.1 Å². The van der Waals surface area contributed by atoms with Gasteiger partial charge < -0.3 is 15.9 Å². The van der Waals surface area contributed by atoms with Gasteiger partial charge in [0.2, 0.25) is 0 Å². The highest BCUT2D eigenvalue weighted by Gasteiger charge is 2.19. The van der Waals surface area contributed by atoms with Gasteiger partial charge in [0.15, 0.2) is 0 Å². The number of nitrogens with two attached hydrogens (primary N) is 1. The van der Waals surface area contributed by atoms with Gasteiger partial charge in [0.05, 0.1) is 11.0 Å². The number of hydrogen-bond acceptors (Lipinski definition) is 5. The molecule has 6 nitrogen and oxygen atoms in total. The van der Waals surface area contributed by atoms with Crippen molar-refractivity contribution in [3.8, 4) is 0 Å². The van der Waals surface area contributed by atoms with E-state index in [0.717, 1.165) is 0 Å². The van der Waals surface area contributed by atoms with E-state index in [9.17, 15) is 20.3 Å². The minimum Gasteiger partial charge on any atom is -0.390 e. The number of non-ortho nitro benzene ring substituents is 1. The Morgan fingerprint density at radius 1 is 1.44 bits per heavy atom. The van der Waals surface area contributed by atoms with E-state index in [1.165, 1.54) is 24.3 Å². The molecule has 16 heavy (non-hydrogen) atoms. The lowest BCUT2D eigenvalue weighted by Crippen LogP contribution is -2.21. The molecule has 0 radical (unpaired) electrons. The number of hydrogen-bond donors (Lipinski definition) is 3. The number of aliphatic hydroxyl groups is 2. The van der Waals surface area contributed by atoms with Crippen LogP contribution in [0.15, 0.2) is 24.3 Å². The third-order valence-corrected chi connectivity index (χ3v) is 2.25. The van der Waals surface area contributed by atoms with Crippen LogP contribution < -0.4 is 5.73 Å². The van der Waals surface area contributed by atoms with Crippen molar-refractivity contribution in [2.45, 2.75) is 18.6 Å². The lowest BCUT2D eigenvalue weighted by atomic mass is 10.0. The van der Waals surface area contributed by atoms with E-state index in [2.05, 4.69) is 0 Å². The molecule has 1 aromatic rings. The first-order chi connectivity index (χ1) is 7.56. The zero-order chi connectivity index (χ0) is 12.1. The predicted molar refractivity (Wildman–Crippen MR) is 57.7 cm³/mol. The van der Waals surface area contributed by atoms with Gasteiger partial charge in [-0.3, -0.25) is 10.1 Å². The molecule has 4 N–H and O–H groups in total. The molecule has 1 rings (SSSR count). The van der Waals surface area contributed by atoms with Crippen LogP contribution >= 0.6 is 0 Å². The topological polar surface area (TPSA) is 110 Å². The zero-order valence-corrected chi connectivity index (χ0v) is 8.61. The Bertz CT molecular complexity index is 370. The monoisotopic (exact) mass is 226 g/mol. The average Bonchev–Trinajstić information content (AvgIpc) is 2.28. The Morgan fingerprint density at radius 2 is 2.12 bits per heavy atom. The molecule has 2 unspecified atom stereocenters. The summed E-state index contributed by atoms with van der Waals surface area (Å²) in [5.74, 6) is 0. The SMILES string of the molecule is NCCC(O)C(O)c1cccc([N+](=O)[O-])c1. The van der Waals surface area contributed by atoms with Crippen LogP contribution in [0, 0.1) is 10.1 Å². The lowest BCUT2D eigenvalue weighted by molar-refractivity contribution is -0.385. The van der Waals surface area contributed by atoms with Crippen molar-refractivity contribution in [2.75, 3.05) is 6.54 Å². The Labute approximate surface area is 92.5 Å². The fourth-order valence-corrected chi connectivity index (χ4v) is 1.37. The Balaban J connectivity index is 2.86. The van der Waals surface area contributed by atoms with E-state index in [1.54, 1.807) is 0 Å². The van der Waals surface area contributed by atoms with Crippen molar-refractivity contribution in [3.63, 3.8) is 0 Å². The number of benzene rings is 1. The molecule has 0 fully saturated rings. The van der Waals surface area contributed by atoms with E-state index in [4.69, 9.17) is 5.73 Å². The van der Waals surface area contributed by atoms with Crippen LogP contribution in [0.3, 0.4) is 0 Å². The Morgan fingerprint density at radius 3 is 2.69 bits per heavy atom. The lowest BCUT2D eigenvalue weighted by Gasteiger charge is -2.17. The molecule has 0 aliphatic rings. The maximum absolute atomic E-state index is 10.5. The third-order valence-electron chi connectivity index (χ3n) is 2.25. The molecular weight excluding hydrogens is 212 g/mol. The van der Waals surface area contributed by atoms with Crippen LogP contribution in [0.5, 0.6) is 0 Å². The fraction of sp³-hybridized carbons (Fsp3) is 0.400. The van der Waals surface area contributed by atoms with E-state index < -0.39 is 17.1 Å². The predicted octanol–water partition coefficient (Wildman–Crippen LogP) is 0.338. The minimum atomic E-state index is -1.15. The van der Waals surface area contributed by atoms with Crippen LogP contribution in [0.2, 0.25) is 0 Å². The highest BCUT2D eigenvalue weighted by molar-refractivity contribution is 5.35. The molecule has 0 saturated heterocycles. The maximum Gasteiger partial charge on any atom is 0.269 e. The largest absolute Gasteiger partial charge is 0.390 e. The van der Waals surface area contributed by atoms with Gasteiger partial charge >= 0.3 is 0 Å². The maximum atomic E-state index is 10.5. The summed E-state index contributed by atoms with van der Waals surface area (Å²) in [5.41, 5.74) is 5.44.